The monoisotopic (exact) mass is 415 g/mol. The van der Waals surface area contributed by atoms with E-state index in [1.807, 2.05) is 42.5 Å². The number of aromatic nitrogens is 3. The molecule has 0 saturated heterocycles. The maximum atomic E-state index is 13.4. The predicted octanol–water partition coefficient (Wildman–Crippen LogP) is 5.31. The van der Waals surface area contributed by atoms with E-state index in [0.29, 0.717) is 11.5 Å². The first kappa shape index (κ1) is 19.2. The number of carbonyl (C=O) groups is 1. The molecular weight excluding hydrogens is 394 g/mol. The van der Waals surface area contributed by atoms with Gasteiger partial charge in [0.05, 0.1) is 23.0 Å². The van der Waals surface area contributed by atoms with E-state index in [4.69, 9.17) is 18.6 Å². The molecular formula is C24H21N3O4. The van der Waals surface area contributed by atoms with Crippen molar-refractivity contribution in [2.24, 2.45) is 0 Å². The van der Waals surface area contributed by atoms with E-state index < -0.39 is 12.1 Å². The Morgan fingerprint density at radius 2 is 2.03 bits per heavy atom. The van der Waals surface area contributed by atoms with Crippen LogP contribution in [0.5, 0.6) is 0 Å². The number of ether oxygens (including phenoxy) is 1. The lowest BCUT2D eigenvalue weighted by molar-refractivity contribution is 0.0277. The summed E-state index contributed by atoms with van der Waals surface area (Å²) in [6.45, 7) is 3.42. The van der Waals surface area contributed by atoms with Gasteiger partial charge in [-0.2, -0.15) is 0 Å². The highest BCUT2D eigenvalue weighted by Gasteiger charge is 2.28. The van der Waals surface area contributed by atoms with Gasteiger partial charge in [0.15, 0.2) is 6.10 Å². The summed E-state index contributed by atoms with van der Waals surface area (Å²) in [5.41, 5.74) is 4.09. The van der Waals surface area contributed by atoms with Crippen molar-refractivity contribution in [2.45, 2.75) is 39.2 Å². The SMILES string of the molecule is Cc1nnc(C(C)OC(=O)c2c3c(nc4ccccc24)/C(=C\c2ccco2)CCC3)o1. The number of nitrogens with zero attached hydrogens (tertiary/aromatic N) is 3. The number of para-hydroxylation sites is 1. The summed E-state index contributed by atoms with van der Waals surface area (Å²) in [5, 5.41) is 8.57. The molecule has 1 unspecified atom stereocenters. The zero-order valence-corrected chi connectivity index (χ0v) is 17.3. The van der Waals surface area contributed by atoms with Crippen molar-refractivity contribution >= 4 is 28.5 Å². The van der Waals surface area contributed by atoms with Crippen LogP contribution in [0.4, 0.5) is 0 Å². The minimum Gasteiger partial charge on any atom is -0.465 e. The van der Waals surface area contributed by atoms with Crippen molar-refractivity contribution in [3.8, 4) is 0 Å². The Labute approximate surface area is 178 Å². The Hall–Kier alpha value is -3.74. The smallest absolute Gasteiger partial charge is 0.339 e. The molecule has 1 aliphatic carbocycles. The van der Waals surface area contributed by atoms with Gasteiger partial charge in [-0.1, -0.05) is 18.2 Å². The number of esters is 1. The van der Waals surface area contributed by atoms with E-state index in [9.17, 15) is 4.79 Å². The van der Waals surface area contributed by atoms with Crippen LogP contribution >= 0.6 is 0 Å². The lowest BCUT2D eigenvalue weighted by atomic mass is 9.86. The van der Waals surface area contributed by atoms with E-state index >= 15 is 0 Å². The quantitative estimate of drug-likeness (QED) is 0.417. The Bertz CT molecular complexity index is 1290. The van der Waals surface area contributed by atoms with Crippen molar-refractivity contribution in [3.63, 3.8) is 0 Å². The number of pyridine rings is 1. The third-order valence-corrected chi connectivity index (χ3v) is 5.41. The summed E-state index contributed by atoms with van der Waals surface area (Å²) in [4.78, 5) is 18.3. The van der Waals surface area contributed by atoms with Gasteiger partial charge in [0.2, 0.25) is 5.89 Å². The number of rotatable bonds is 4. The molecule has 1 atom stereocenters. The molecule has 0 fully saturated rings. The average Bonchev–Trinajstić information content (AvgIpc) is 3.44. The van der Waals surface area contributed by atoms with Crippen LogP contribution in [0, 0.1) is 6.92 Å². The normalized spacial score (nSPS) is 15.7. The summed E-state index contributed by atoms with van der Waals surface area (Å²) >= 11 is 0. The van der Waals surface area contributed by atoms with Crippen LogP contribution in [0.2, 0.25) is 0 Å². The highest BCUT2D eigenvalue weighted by molar-refractivity contribution is 6.06. The molecule has 0 bridgehead atoms. The summed E-state index contributed by atoms with van der Waals surface area (Å²) < 4.78 is 16.7. The molecule has 1 aliphatic rings. The van der Waals surface area contributed by atoms with Crippen molar-refractivity contribution in [2.75, 3.05) is 0 Å². The van der Waals surface area contributed by atoms with Gasteiger partial charge in [-0.3, -0.25) is 0 Å². The molecule has 3 heterocycles. The summed E-state index contributed by atoms with van der Waals surface area (Å²) in [6.07, 6.45) is 5.52. The minimum atomic E-state index is -0.655. The number of carbonyl (C=O) groups excluding carboxylic acids is 1. The van der Waals surface area contributed by atoms with Crippen LogP contribution in [-0.2, 0) is 11.2 Å². The van der Waals surface area contributed by atoms with Gasteiger partial charge in [-0.15, -0.1) is 10.2 Å². The minimum absolute atomic E-state index is 0.275. The Morgan fingerprint density at radius 1 is 1.16 bits per heavy atom. The molecule has 7 heteroatoms. The van der Waals surface area contributed by atoms with Crippen LogP contribution in [0.15, 0.2) is 51.5 Å². The lowest BCUT2D eigenvalue weighted by Crippen LogP contribution is -2.17. The number of furan rings is 1. The molecule has 0 spiro atoms. The van der Waals surface area contributed by atoms with Crippen LogP contribution < -0.4 is 0 Å². The Kier molecular flexibility index (Phi) is 4.86. The fraction of sp³-hybridized carbons (Fsp3) is 0.250. The van der Waals surface area contributed by atoms with Crippen LogP contribution in [0.3, 0.4) is 0 Å². The Balaban J connectivity index is 1.61. The third kappa shape index (κ3) is 3.63. The Morgan fingerprint density at radius 3 is 2.81 bits per heavy atom. The van der Waals surface area contributed by atoms with Crippen molar-refractivity contribution in [1.29, 1.82) is 0 Å². The molecule has 0 amide bonds. The van der Waals surface area contributed by atoms with Crippen molar-refractivity contribution < 1.29 is 18.4 Å². The molecule has 0 radical (unpaired) electrons. The van der Waals surface area contributed by atoms with E-state index in [2.05, 4.69) is 10.2 Å². The number of allylic oxidation sites excluding steroid dienone is 1. The molecule has 4 aromatic rings. The lowest BCUT2D eigenvalue weighted by Gasteiger charge is -2.22. The first-order valence-corrected chi connectivity index (χ1v) is 10.3. The molecule has 31 heavy (non-hydrogen) atoms. The maximum absolute atomic E-state index is 13.4. The largest absolute Gasteiger partial charge is 0.465 e. The van der Waals surface area contributed by atoms with Gasteiger partial charge < -0.3 is 13.6 Å². The molecule has 0 saturated carbocycles. The fourth-order valence-corrected chi connectivity index (χ4v) is 4.00. The first-order chi connectivity index (χ1) is 15.1. The third-order valence-electron chi connectivity index (χ3n) is 5.41. The van der Waals surface area contributed by atoms with Gasteiger partial charge in [0, 0.05) is 12.3 Å². The van der Waals surface area contributed by atoms with E-state index in [1.165, 1.54) is 0 Å². The average molecular weight is 415 g/mol. The van der Waals surface area contributed by atoms with Crippen LogP contribution in [-0.4, -0.2) is 21.2 Å². The zero-order chi connectivity index (χ0) is 21.4. The topological polar surface area (TPSA) is 91.2 Å². The first-order valence-electron chi connectivity index (χ1n) is 10.3. The molecule has 5 rings (SSSR count). The standard InChI is InChI=1S/C24H21N3O4/c1-14(23-27-26-15(2)31-23)30-24(28)21-18-9-3-4-11-20(18)25-22-16(7-5-10-19(21)22)13-17-8-6-12-29-17/h3-4,6,8-9,11-14H,5,7,10H2,1-2H3/b16-13-. The molecule has 156 valence electrons. The van der Waals surface area contributed by atoms with Gasteiger partial charge in [-0.25, -0.2) is 9.78 Å². The zero-order valence-electron chi connectivity index (χ0n) is 17.3. The fourth-order valence-electron chi connectivity index (χ4n) is 4.00. The van der Waals surface area contributed by atoms with Gasteiger partial charge in [-0.05, 0) is 61.6 Å². The van der Waals surface area contributed by atoms with Crippen molar-refractivity contribution in [1.82, 2.24) is 15.2 Å². The predicted molar refractivity (Wildman–Crippen MR) is 114 cm³/mol. The van der Waals surface area contributed by atoms with E-state index in [1.54, 1.807) is 20.1 Å². The maximum Gasteiger partial charge on any atom is 0.339 e. The van der Waals surface area contributed by atoms with E-state index in [-0.39, 0.29) is 5.89 Å². The summed E-state index contributed by atoms with van der Waals surface area (Å²) in [6, 6.07) is 11.4. The number of fused-ring (bicyclic) bond motifs is 2. The summed E-state index contributed by atoms with van der Waals surface area (Å²) in [7, 11) is 0. The second-order valence-electron chi connectivity index (χ2n) is 7.58. The number of benzene rings is 1. The van der Waals surface area contributed by atoms with Crippen molar-refractivity contribution in [3.05, 3.63) is 77.0 Å². The number of aryl methyl sites for hydroxylation is 1. The highest BCUT2D eigenvalue weighted by Crippen LogP contribution is 2.37. The van der Waals surface area contributed by atoms with Gasteiger partial charge in [0.1, 0.15) is 5.76 Å². The molecule has 1 aromatic carbocycles. The van der Waals surface area contributed by atoms with Gasteiger partial charge in [0.25, 0.3) is 5.89 Å². The molecule has 7 nitrogen and oxygen atoms in total. The molecule has 0 N–H and O–H groups in total. The second kappa shape index (κ2) is 7.83. The van der Waals surface area contributed by atoms with Crippen LogP contribution in [0.1, 0.15) is 65.0 Å². The van der Waals surface area contributed by atoms with Crippen LogP contribution in [0.25, 0.3) is 22.6 Å². The van der Waals surface area contributed by atoms with E-state index in [0.717, 1.165) is 52.8 Å². The van der Waals surface area contributed by atoms with Gasteiger partial charge >= 0.3 is 5.97 Å². The summed E-state index contributed by atoms with van der Waals surface area (Å²) in [5.74, 6) is 1.05. The number of hydrogen-bond acceptors (Lipinski definition) is 7. The number of hydrogen-bond donors (Lipinski definition) is 0. The highest BCUT2D eigenvalue weighted by atomic mass is 16.6. The molecule has 0 aliphatic heterocycles. The molecule has 3 aromatic heterocycles. The second-order valence-corrected chi connectivity index (χ2v) is 7.58.